The SMILES string of the molecule is CC(C)(C)OC(=O)N1C[C@@H](O)[C@H](N(CCc2ccccc2)Cc2ccccc2)C1. The van der Waals surface area contributed by atoms with Crippen LogP contribution in [0.5, 0.6) is 0 Å². The van der Waals surface area contributed by atoms with Crippen molar-refractivity contribution >= 4 is 6.09 Å². The average molecular weight is 397 g/mol. The Hall–Kier alpha value is -2.37. The normalized spacial score (nSPS) is 19.6. The van der Waals surface area contributed by atoms with E-state index < -0.39 is 11.7 Å². The zero-order valence-electron chi connectivity index (χ0n) is 17.6. The van der Waals surface area contributed by atoms with Crippen LogP contribution >= 0.6 is 0 Å². The lowest BCUT2D eigenvalue weighted by Crippen LogP contribution is -2.44. The first kappa shape index (κ1) is 21.3. The van der Waals surface area contributed by atoms with Crippen molar-refractivity contribution in [3.63, 3.8) is 0 Å². The summed E-state index contributed by atoms with van der Waals surface area (Å²) in [7, 11) is 0. The van der Waals surface area contributed by atoms with Gasteiger partial charge in [0, 0.05) is 19.6 Å². The van der Waals surface area contributed by atoms with Gasteiger partial charge < -0.3 is 14.7 Å². The van der Waals surface area contributed by atoms with Crippen LogP contribution in [0.2, 0.25) is 0 Å². The van der Waals surface area contributed by atoms with Crippen LogP contribution < -0.4 is 0 Å². The largest absolute Gasteiger partial charge is 0.444 e. The molecule has 2 atom stereocenters. The number of aliphatic hydroxyl groups excluding tert-OH is 1. The number of amides is 1. The van der Waals surface area contributed by atoms with Crippen molar-refractivity contribution in [2.45, 2.75) is 51.5 Å². The first-order valence-corrected chi connectivity index (χ1v) is 10.3. The molecule has 0 saturated carbocycles. The topological polar surface area (TPSA) is 53.0 Å². The predicted molar refractivity (Wildman–Crippen MR) is 115 cm³/mol. The molecule has 1 aliphatic heterocycles. The predicted octanol–water partition coefficient (Wildman–Crippen LogP) is 3.71. The van der Waals surface area contributed by atoms with Crippen molar-refractivity contribution in [2.24, 2.45) is 0 Å². The molecule has 29 heavy (non-hydrogen) atoms. The van der Waals surface area contributed by atoms with Gasteiger partial charge in [-0.1, -0.05) is 60.7 Å². The Balaban J connectivity index is 1.71. The van der Waals surface area contributed by atoms with Gasteiger partial charge in [0.2, 0.25) is 0 Å². The fourth-order valence-electron chi connectivity index (χ4n) is 3.70. The molecule has 2 aromatic carbocycles. The van der Waals surface area contributed by atoms with Gasteiger partial charge in [-0.15, -0.1) is 0 Å². The fourth-order valence-corrected chi connectivity index (χ4v) is 3.70. The summed E-state index contributed by atoms with van der Waals surface area (Å²) in [5.41, 5.74) is 1.92. The van der Waals surface area contributed by atoms with Crippen LogP contribution in [0.15, 0.2) is 60.7 Å². The van der Waals surface area contributed by atoms with Crippen LogP contribution in [0, 0.1) is 0 Å². The molecule has 1 heterocycles. The molecule has 1 fully saturated rings. The van der Waals surface area contributed by atoms with E-state index in [4.69, 9.17) is 4.74 Å². The number of carbonyl (C=O) groups is 1. The monoisotopic (exact) mass is 396 g/mol. The highest BCUT2D eigenvalue weighted by Gasteiger charge is 2.39. The Morgan fingerprint density at radius 2 is 1.62 bits per heavy atom. The van der Waals surface area contributed by atoms with Crippen LogP contribution in [0.3, 0.4) is 0 Å². The van der Waals surface area contributed by atoms with Crippen molar-refractivity contribution in [3.05, 3.63) is 71.8 Å². The van der Waals surface area contributed by atoms with Crippen LogP contribution in [-0.2, 0) is 17.7 Å². The summed E-state index contributed by atoms with van der Waals surface area (Å²) in [6, 6.07) is 20.5. The second-order valence-corrected chi connectivity index (χ2v) is 8.71. The van der Waals surface area contributed by atoms with Crippen LogP contribution in [-0.4, -0.2) is 58.4 Å². The quantitative estimate of drug-likeness (QED) is 0.809. The molecule has 156 valence electrons. The lowest BCUT2D eigenvalue weighted by atomic mass is 10.1. The lowest BCUT2D eigenvalue weighted by molar-refractivity contribution is 0.0269. The molecule has 0 unspecified atom stereocenters. The van der Waals surface area contributed by atoms with E-state index in [1.807, 2.05) is 57.2 Å². The Morgan fingerprint density at radius 3 is 2.21 bits per heavy atom. The molecule has 0 spiro atoms. The van der Waals surface area contributed by atoms with Crippen molar-refractivity contribution in [2.75, 3.05) is 19.6 Å². The minimum Gasteiger partial charge on any atom is -0.444 e. The maximum Gasteiger partial charge on any atom is 0.410 e. The smallest absolute Gasteiger partial charge is 0.410 e. The molecule has 5 nitrogen and oxygen atoms in total. The molecule has 0 aromatic heterocycles. The van der Waals surface area contributed by atoms with Crippen molar-refractivity contribution in [1.29, 1.82) is 0 Å². The van der Waals surface area contributed by atoms with Gasteiger partial charge in [0.1, 0.15) is 5.60 Å². The van der Waals surface area contributed by atoms with E-state index in [1.54, 1.807) is 4.90 Å². The van der Waals surface area contributed by atoms with Crippen molar-refractivity contribution in [3.8, 4) is 0 Å². The molecule has 3 rings (SSSR count). The maximum atomic E-state index is 12.5. The number of β-amino-alcohol motifs (C(OH)–C–C–N with tert-alkyl or cyclic N) is 1. The summed E-state index contributed by atoms with van der Waals surface area (Å²) < 4.78 is 5.50. The number of ether oxygens (including phenoxy) is 1. The molecule has 1 amide bonds. The molecule has 2 aromatic rings. The van der Waals surface area contributed by atoms with E-state index in [9.17, 15) is 9.90 Å². The summed E-state index contributed by atoms with van der Waals surface area (Å²) in [6.07, 6.45) is -0.0626. The van der Waals surface area contributed by atoms with Gasteiger partial charge in [-0.3, -0.25) is 4.90 Å². The standard InChI is InChI=1S/C24H32N2O3/c1-24(2,3)29-23(28)26-17-21(22(27)18-26)25(16-20-12-8-5-9-13-20)15-14-19-10-6-4-7-11-19/h4-13,21-22,27H,14-18H2,1-3H3/t21-,22-/m1/s1. The third-order valence-electron chi connectivity index (χ3n) is 5.14. The third-order valence-corrected chi connectivity index (χ3v) is 5.14. The highest BCUT2D eigenvalue weighted by molar-refractivity contribution is 5.68. The van der Waals surface area contributed by atoms with E-state index in [1.165, 1.54) is 11.1 Å². The zero-order chi connectivity index (χ0) is 20.9. The van der Waals surface area contributed by atoms with Gasteiger partial charge in [-0.05, 0) is 38.3 Å². The number of nitrogens with zero attached hydrogens (tertiary/aromatic N) is 2. The lowest BCUT2D eigenvalue weighted by Gasteiger charge is -2.31. The van der Waals surface area contributed by atoms with Gasteiger partial charge in [-0.25, -0.2) is 4.79 Å². The Kier molecular flexibility index (Phi) is 6.93. The highest BCUT2D eigenvalue weighted by Crippen LogP contribution is 2.22. The Morgan fingerprint density at radius 1 is 1.03 bits per heavy atom. The Labute approximate surface area is 173 Å². The fraction of sp³-hybridized carbons (Fsp3) is 0.458. The molecular weight excluding hydrogens is 364 g/mol. The van der Waals surface area contributed by atoms with E-state index in [0.717, 1.165) is 19.5 Å². The maximum absolute atomic E-state index is 12.5. The second kappa shape index (κ2) is 9.42. The number of hydrogen-bond donors (Lipinski definition) is 1. The molecule has 5 heteroatoms. The van der Waals surface area contributed by atoms with E-state index in [-0.39, 0.29) is 12.1 Å². The summed E-state index contributed by atoms with van der Waals surface area (Å²) in [5, 5.41) is 10.8. The van der Waals surface area contributed by atoms with E-state index in [2.05, 4.69) is 29.2 Å². The summed E-state index contributed by atoms with van der Waals surface area (Å²) in [5.74, 6) is 0. The molecule has 0 radical (unpaired) electrons. The third kappa shape index (κ3) is 6.31. The van der Waals surface area contributed by atoms with Crippen molar-refractivity contribution in [1.82, 2.24) is 9.80 Å². The summed E-state index contributed by atoms with van der Waals surface area (Å²) in [6.45, 7) is 7.89. The molecule has 0 bridgehead atoms. The van der Waals surface area contributed by atoms with Gasteiger partial charge >= 0.3 is 6.09 Å². The van der Waals surface area contributed by atoms with Crippen molar-refractivity contribution < 1.29 is 14.6 Å². The van der Waals surface area contributed by atoms with Crippen LogP contribution in [0.25, 0.3) is 0 Å². The Bertz CT molecular complexity index is 774. The number of aliphatic hydroxyl groups is 1. The number of rotatable bonds is 6. The van der Waals surface area contributed by atoms with E-state index in [0.29, 0.717) is 13.1 Å². The second-order valence-electron chi connectivity index (χ2n) is 8.71. The van der Waals surface area contributed by atoms with Gasteiger partial charge in [-0.2, -0.15) is 0 Å². The van der Waals surface area contributed by atoms with Crippen LogP contribution in [0.4, 0.5) is 4.79 Å². The van der Waals surface area contributed by atoms with E-state index >= 15 is 0 Å². The number of carbonyl (C=O) groups excluding carboxylic acids is 1. The first-order valence-electron chi connectivity index (χ1n) is 10.3. The molecular formula is C24H32N2O3. The first-order chi connectivity index (χ1) is 13.8. The highest BCUT2D eigenvalue weighted by atomic mass is 16.6. The molecule has 1 N–H and O–H groups in total. The zero-order valence-corrected chi connectivity index (χ0v) is 17.6. The van der Waals surface area contributed by atoms with Gasteiger partial charge in [0.25, 0.3) is 0 Å². The molecule has 1 saturated heterocycles. The summed E-state index contributed by atoms with van der Waals surface area (Å²) >= 11 is 0. The molecule has 0 aliphatic carbocycles. The van der Waals surface area contributed by atoms with Crippen LogP contribution in [0.1, 0.15) is 31.9 Å². The number of hydrogen-bond acceptors (Lipinski definition) is 4. The number of likely N-dealkylation sites (tertiary alicyclic amines) is 1. The number of benzene rings is 2. The molecule has 1 aliphatic rings. The average Bonchev–Trinajstić information content (AvgIpc) is 3.07. The summed E-state index contributed by atoms with van der Waals surface area (Å²) in [4.78, 5) is 16.4. The van der Waals surface area contributed by atoms with Gasteiger partial charge in [0.05, 0.1) is 18.7 Å². The van der Waals surface area contributed by atoms with Gasteiger partial charge in [0.15, 0.2) is 0 Å². The minimum atomic E-state index is -0.595. The minimum absolute atomic E-state index is 0.119.